The number of carboxylic acid groups (broad SMARTS) is 1. The summed E-state index contributed by atoms with van der Waals surface area (Å²) in [5, 5.41) is 10.8. The molecule has 0 bridgehead atoms. The van der Waals surface area contributed by atoms with Gasteiger partial charge in [-0.3, -0.25) is 4.79 Å². The molecular formula is C24H29ClF3N3O7S. The summed E-state index contributed by atoms with van der Waals surface area (Å²) < 4.78 is 70.9. The summed E-state index contributed by atoms with van der Waals surface area (Å²) in [6.07, 6.45) is -5.01. The number of sulfonamides is 1. The molecule has 15 heteroatoms. The van der Waals surface area contributed by atoms with E-state index in [4.69, 9.17) is 31.0 Å². The Morgan fingerprint density at radius 1 is 1.10 bits per heavy atom. The monoisotopic (exact) mass is 595 g/mol. The molecule has 1 aliphatic rings. The van der Waals surface area contributed by atoms with Crippen LogP contribution in [-0.2, 0) is 26.2 Å². The number of nitrogens with one attached hydrogen (secondary N) is 1. The third-order valence-corrected chi connectivity index (χ3v) is 7.63. The first kappa shape index (κ1) is 32.1. The molecule has 1 saturated heterocycles. The van der Waals surface area contributed by atoms with Crippen molar-refractivity contribution in [1.29, 1.82) is 0 Å². The lowest BCUT2D eigenvalue weighted by Crippen LogP contribution is -2.47. The standard InChI is InChI=1S/C22H28ClN3O5S.C2HF3O2/c1-30-19-6-7-20(31-2)21(15-19)32(28,29)26(16-17-4-3-5-18(23)14-17)11-8-22(27)25-12-9-24-10-13-25;3-2(4,5)1(6)7/h3-7,14-15,24H,8-13,16H2,1-2H3;(H,6,7). The number of hydrogen-bond donors (Lipinski definition) is 2. The third kappa shape index (κ3) is 9.56. The van der Waals surface area contributed by atoms with Gasteiger partial charge in [0, 0.05) is 56.8 Å². The van der Waals surface area contributed by atoms with Crippen molar-refractivity contribution in [3.63, 3.8) is 0 Å². The summed E-state index contributed by atoms with van der Waals surface area (Å²) in [7, 11) is -1.13. The van der Waals surface area contributed by atoms with Gasteiger partial charge in [-0.25, -0.2) is 13.2 Å². The predicted molar refractivity (Wildman–Crippen MR) is 136 cm³/mol. The Morgan fingerprint density at radius 3 is 2.28 bits per heavy atom. The smallest absolute Gasteiger partial charge is 0.490 e. The molecule has 3 rings (SSSR count). The summed E-state index contributed by atoms with van der Waals surface area (Å²) in [5.74, 6) is -2.23. The number of aliphatic carboxylic acids is 1. The molecule has 2 N–H and O–H groups in total. The van der Waals surface area contributed by atoms with Gasteiger partial charge in [0.1, 0.15) is 16.4 Å². The highest BCUT2D eigenvalue weighted by molar-refractivity contribution is 7.89. The molecule has 2 aromatic carbocycles. The van der Waals surface area contributed by atoms with Crippen LogP contribution >= 0.6 is 11.6 Å². The van der Waals surface area contributed by atoms with Crippen LogP contribution in [0.25, 0.3) is 0 Å². The van der Waals surface area contributed by atoms with Crippen molar-refractivity contribution in [1.82, 2.24) is 14.5 Å². The van der Waals surface area contributed by atoms with Gasteiger partial charge in [-0.2, -0.15) is 17.5 Å². The Bertz CT molecular complexity index is 1240. The second kappa shape index (κ2) is 14.4. The van der Waals surface area contributed by atoms with Gasteiger partial charge in [-0.1, -0.05) is 23.7 Å². The number of hydrogen-bond acceptors (Lipinski definition) is 7. The van der Waals surface area contributed by atoms with Crippen LogP contribution in [0.4, 0.5) is 13.2 Å². The second-order valence-electron chi connectivity index (χ2n) is 8.17. The molecule has 216 valence electrons. The molecule has 0 unspecified atom stereocenters. The van der Waals surface area contributed by atoms with Crippen LogP contribution in [0, 0.1) is 0 Å². The molecule has 0 aromatic heterocycles. The van der Waals surface area contributed by atoms with E-state index in [2.05, 4.69) is 5.32 Å². The van der Waals surface area contributed by atoms with E-state index in [9.17, 15) is 26.4 Å². The van der Waals surface area contributed by atoms with Gasteiger partial charge in [0.15, 0.2) is 0 Å². The number of piperazine rings is 1. The van der Waals surface area contributed by atoms with E-state index < -0.39 is 22.2 Å². The Kier molecular flexibility index (Phi) is 11.8. The highest BCUT2D eigenvalue weighted by Crippen LogP contribution is 2.31. The zero-order chi connectivity index (χ0) is 29.2. The van der Waals surface area contributed by atoms with Crippen molar-refractivity contribution >= 4 is 33.5 Å². The average Bonchev–Trinajstić information content (AvgIpc) is 2.90. The van der Waals surface area contributed by atoms with Gasteiger partial charge in [0.2, 0.25) is 15.9 Å². The third-order valence-electron chi connectivity index (χ3n) is 5.52. The quantitative estimate of drug-likeness (QED) is 0.453. The summed E-state index contributed by atoms with van der Waals surface area (Å²) >= 11 is 6.10. The highest BCUT2D eigenvalue weighted by Gasteiger charge is 2.38. The molecule has 1 aliphatic heterocycles. The topological polar surface area (TPSA) is 125 Å². The van der Waals surface area contributed by atoms with Crippen LogP contribution in [0.15, 0.2) is 47.4 Å². The van der Waals surface area contributed by atoms with Crippen molar-refractivity contribution in [3.05, 3.63) is 53.1 Å². The van der Waals surface area contributed by atoms with Crippen molar-refractivity contribution in [2.24, 2.45) is 0 Å². The number of carbonyl (C=O) groups is 2. The number of nitrogens with zero attached hydrogens (tertiary/aromatic N) is 2. The van der Waals surface area contributed by atoms with Crippen molar-refractivity contribution in [2.45, 2.75) is 24.0 Å². The Morgan fingerprint density at radius 2 is 1.74 bits per heavy atom. The second-order valence-corrected chi connectivity index (χ2v) is 10.5. The number of ether oxygens (including phenoxy) is 2. The molecule has 0 radical (unpaired) electrons. The summed E-state index contributed by atoms with van der Waals surface area (Å²) in [5.41, 5.74) is 0.720. The largest absolute Gasteiger partial charge is 0.497 e. The minimum atomic E-state index is -5.08. The first-order chi connectivity index (χ1) is 18.3. The zero-order valence-corrected chi connectivity index (χ0v) is 22.8. The summed E-state index contributed by atoms with van der Waals surface area (Å²) in [6, 6.07) is 11.6. The van der Waals surface area contributed by atoms with E-state index in [-0.39, 0.29) is 36.1 Å². The number of alkyl halides is 3. The molecule has 1 fully saturated rings. The van der Waals surface area contributed by atoms with Crippen LogP contribution in [0.5, 0.6) is 11.5 Å². The molecule has 0 aliphatic carbocycles. The SMILES string of the molecule is COc1ccc(OC)c(S(=O)(=O)N(CCC(=O)N2CCNCC2)Cc2cccc(Cl)c2)c1.O=C(O)C(F)(F)F. The molecule has 10 nitrogen and oxygen atoms in total. The Labute approximate surface area is 229 Å². The minimum absolute atomic E-state index is 0.0176. The number of benzene rings is 2. The van der Waals surface area contributed by atoms with Crippen molar-refractivity contribution in [3.8, 4) is 11.5 Å². The molecule has 0 atom stereocenters. The summed E-state index contributed by atoms with van der Waals surface area (Å²) in [4.78, 5) is 23.3. The minimum Gasteiger partial charge on any atom is -0.497 e. The molecule has 2 aromatic rings. The highest BCUT2D eigenvalue weighted by atomic mass is 35.5. The van der Waals surface area contributed by atoms with E-state index in [0.717, 1.165) is 18.7 Å². The van der Waals surface area contributed by atoms with E-state index in [1.165, 1.54) is 24.6 Å². The molecule has 0 saturated carbocycles. The maximum absolute atomic E-state index is 13.7. The lowest BCUT2D eigenvalue weighted by atomic mass is 10.2. The number of carboxylic acids is 1. The number of methoxy groups -OCH3 is 2. The maximum atomic E-state index is 13.7. The zero-order valence-electron chi connectivity index (χ0n) is 21.2. The van der Waals surface area contributed by atoms with Gasteiger partial charge in [0.05, 0.1) is 14.2 Å². The fourth-order valence-electron chi connectivity index (χ4n) is 3.54. The van der Waals surface area contributed by atoms with E-state index in [1.54, 1.807) is 41.3 Å². The molecule has 1 heterocycles. The van der Waals surface area contributed by atoms with E-state index in [1.807, 2.05) is 0 Å². The Hall–Kier alpha value is -3.07. The number of halogens is 4. The molecule has 1 amide bonds. The average molecular weight is 596 g/mol. The van der Waals surface area contributed by atoms with Crippen molar-refractivity contribution in [2.75, 3.05) is 46.9 Å². The first-order valence-corrected chi connectivity index (χ1v) is 13.4. The first-order valence-electron chi connectivity index (χ1n) is 11.5. The number of rotatable bonds is 9. The van der Waals surface area contributed by atoms with Crippen LogP contribution in [-0.4, -0.2) is 87.7 Å². The van der Waals surface area contributed by atoms with Gasteiger partial charge in [-0.05, 0) is 29.8 Å². The van der Waals surface area contributed by atoms with Gasteiger partial charge < -0.3 is 24.8 Å². The molecule has 39 heavy (non-hydrogen) atoms. The normalized spacial score (nSPS) is 13.9. The maximum Gasteiger partial charge on any atom is 0.490 e. The van der Waals surface area contributed by atoms with E-state index >= 15 is 0 Å². The number of carbonyl (C=O) groups excluding carboxylic acids is 1. The lowest BCUT2D eigenvalue weighted by Gasteiger charge is -2.29. The fraction of sp³-hybridized carbons (Fsp3) is 0.417. The number of amides is 1. The van der Waals surface area contributed by atoms with E-state index in [0.29, 0.717) is 23.9 Å². The predicted octanol–water partition coefficient (Wildman–Crippen LogP) is 3.00. The van der Waals surface area contributed by atoms with Crippen LogP contribution in [0.2, 0.25) is 5.02 Å². The van der Waals surface area contributed by atoms with Crippen LogP contribution in [0.1, 0.15) is 12.0 Å². The van der Waals surface area contributed by atoms with Gasteiger partial charge in [-0.15, -0.1) is 0 Å². The van der Waals surface area contributed by atoms with Gasteiger partial charge in [0.25, 0.3) is 0 Å². The van der Waals surface area contributed by atoms with Crippen LogP contribution in [0.3, 0.4) is 0 Å². The Balaban J connectivity index is 0.000000673. The lowest BCUT2D eigenvalue weighted by molar-refractivity contribution is -0.192. The van der Waals surface area contributed by atoms with Crippen LogP contribution < -0.4 is 14.8 Å². The fourth-order valence-corrected chi connectivity index (χ4v) is 5.35. The molecule has 0 spiro atoms. The summed E-state index contributed by atoms with van der Waals surface area (Å²) in [6.45, 7) is 2.79. The van der Waals surface area contributed by atoms with Crippen molar-refractivity contribution < 1.29 is 45.8 Å². The molecular weight excluding hydrogens is 567 g/mol. The van der Waals surface area contributed by atoms with Gasteiger partial charge >= 0.3 is 12.1 Å².